The Balaban J connectivity index is 2.02. The summed E-state index contributed by atoms with van der Waals surface area (Å²) in [5.74, 6) is 2.26. The summed E-state index contributed by atoms with van der Waals surface area (Å²) in [6.07, 6.45) is 9.99. The molecule has 19 heavy (non-hydrogen) atoms. The molecule has 0 amide bonds. The van der Waals surface area contributed by atoms with Crippen molar-refractivity contribution in [1.29, 1.82) is 0 Å². The largest absolute Gasteiger partial charge is 0.339 e. The zero-order valence-corrected chi connectivity index (χ0v) is 12.3. The molecule has 0 aliphatic heterocycles. The molecule has 108 valence electrons. The molecule has 1 heterocycles. The Bertz CT molecular complexity index is 369. The quantitative estimate of drug-likeness (QED) is 0.900. The molecule has 1 aliphatic rings. The predicted octanol–water partition coefficient (Wildman–Crippen LogP) is 3.74. The van der Waals surface area contributed by atoms with Crippen LogP contribution in [0.15, 0.2) is 4.52 Å². The second-order valence-electron chi connectivity index (χ2n) is 5.89. The first-order valence-corrected chi connectivity index (χ1v) is 7.81. The van der Waals surface area contributed by atoms with Crippen molar-refractivity contribution < 1.29 is 4.52 Å². The van der Waals surface area contributed by atoms with Gasteiger partial charge in [0, 0.05) is 12.0 Å². The van der Waals surface area contributed by atoms with Gasteiger partial charge in [0.15, 0.2) is 5.82 Å². The molecule has 2 atom stereocenters. The molecule has 2 rings (SSSR count). The highest BCUT2D eigenvalue weighted by molar-refractivity contribution is 5.01. The number of hydrogen-bond acceptors (Lipinski definition) is 4. The van der Waals surface area contributed by atoms with E-state index in [2.05, 4.69) is 24.0 Å². The van der Waals surface area contributed by atoms with Gasteiger partial charge in [-0.2, -0.15) is 4.98 Å². The van der Waals surface area contributed by atoms with Crippen LogP contribution in [0.2, 0.25) is 0 Å². The smallest absolute Gasteiger partial charge is 0.231 e. The monoisotopic (exact) mass is 265 g/mol. The van der Waals surface area contributed by atoms with Crippen LogP contribution in [0, 0.1) is 0 Å². The molecular weight excluding hydrogens is 238 g/mol. The van der Waals surface area contributed by atoms with Gasteiger partial charge in [0.05, 0.1) is 5.92 Å². The lowest BCUT2D eigenvalue weighted by Crippen LogP contribution is -2.25. The standard InChI is InChI=1S/C15H27N3O/c1-3-13(16)11(2)15-17-14(18-19-15)12-9-7-5-4-6-8-10-12/h11-13H,3-10,16H2,1-2H3. The number of hydrogen-bond donors (Lipinski definition) is 1. The van der Waals surface area contributed by atoms with E-state index in [-0.39, 0.29) is 12.0 Å². The first-order chi connectivity index (χ1) is 9.22. The summed E-state index contributed by atoms with van der Waals surface area (Å²) in [6, 6.07) is 0.102. The maximum atomic E-state index is 6.05. The Hall–Kier alpha value is -0.900. The van der Waals surface area contributed by atoms with E-state index < -0.39 is 0 Å². The zero-order valence-electron chi connectivity index (χ0n) is 12.3. The van der Waals surface area contributed by atoms with E-state index in [1.54, 1.807) is 0 Å². The van der Waals surface area contributed by atoms with Gasteiger partial charge in [0.2, 0.25) is 5.89 Å². The summed E-state index contributed by atoms with van der Waals surface area (Å²) >= 11 is 0. The summed E-state index contributed by atoms with van der Waals surface area (Å²) in [5, 5.41) is 4.21. The van der Waals surface area contributed by atoms with E-state index in [0.717, 1.165) is 12.2 Å². The summed E-state index contributed by atoms with van der Waals surface area (Å²) in [6.45, 7) is 4.16. The van der Waals surface area contributed by atoms with Crippen LogP contribution in [0.1, 0.15) is 88.8 Å². The van der Waals surface area contributed by atoms with E-state index in [0.29, 0.717) is 11.8 Å². The van der Waals surface area contributed by atoms with Gasteiger partial charge in [-0.15, -0.1) is 0 Å². The van der Waals surface area contributed by atoms with Crippen molar-refractivity contribution in [2.24, 2.45) is 5.73 Å². The Morgan fingerprint density at radius 1 is 1.21 bits per heavy atom. The van der Waals surface area contributed by atoms with Crippen molar-refractivity contribution in [3.05, 3.63) is 11.7 Å². The Kier molecular flexibility index (Phi) is 5.37. The van der Waals surface area contributed by atoms with Crippen LogP contribution in [-0.2, 0) is 0 Å². The molecule has 1 aromatic rings. The number of aromatic nitrogens is 2. The van der Waals surface area contributed by atoms with Crippen molar-refractivity contribution in [3.8, 4) is 0 Å². The maximum Gasteiger partial charge on any atom is 0.231 e. The van der Waals surface area contributed by atoms with Gasteiger partial charge in [-0.1, -0.05) is 51.1 Å². The SMILES string of the molecule is CCC(N)C(C)c1nc(C2CCCCCCC2)no1. The van der Waals surface area contributed by atoms with Gasteiger partial charge >= 0.3 is 0 Å². The van der Waals surface area contributed by atoms with E-state index in [4.69, 9.17) is 10.3 Å². The number of nitrogens with zero attached hydrogens (tertiary/aromatic N) is 2. The molecule has 4 nitrogen and oxygen atoms in total. The van der Waals surface area contributed by atoms with Crippen molar-refractivity contribution >= 4 is 0 Å². The molecule has 0 bridgehead atoms. The van der Waals surface area contributed by atoms with Crippen LogP contribution >= 0.6 is 0 Å². The minimum absolute atomic E-state index is 0.102. The molecule has 0 radical (unpaired) electrons. The zero-order chi connectivity index (χ0) is 13.7. The Labute approximate surface area is 116 Å². The average Bonchev–Trinajstić information content (AvgIpc) is 2.86. The van der Waals surface area contributed by atoms with Gasteiger partial charge in [-0.25, -0.2) is 0 Å². The van der Waals surface area contributed by atoms with Gasteiger partial charge in [-0.3, -0.25) is 0 Å². The lowest BCUT2D eigenvalue weighted by molar-refractivity contribution is 0.331. The highest BCUT2D eigenvalue weighted by atomic mass is 16.5. The van der Waals surface area contributed by atoms with Crippen molar-refractivity contribution in [2.45, 2.75) is 83.1 Å². The molecule has 1 fully saturated rings. The maximum absolute atomic E-state index is 6.05. The van der Waals surface area contributed by atoms with Crippen LogP contribution < -0.4 is 5.73 Å². The highest BCUT2D eigenvalue weighted by Gasteiger charge is 2.23. The summed E-state index contributed by atoms with van der Waals surface area (Å²) < 4.78 is 5.43. The van der Waals surface area contributed by atoms with Crippen molar-refractivity contribution in [1.82, 2.24) is 10.1 Å². The van der Waals surface area contributed by atoms with Crippen molar-refractivity contribution in [3.63, 3.8) is 0 Å². The highest BCUT2D eigenvalue weighted by Crippen LogP contribution is 2.30. The molecular formula is C15H27N3O. The molecule has 1 aliphatic carbocycles. The second-order valence-corrected chi connectivity index (χ2v) is 5.89. The van der Waals surface area contributed by atoms with Crippen LogP contribution in [0.3, 0.4) is 0 Å². The van der Waals surface area contributed by atoms with E-state index in [9.17, 15) is 0 Å². The topological polar surface area (TPSA) is 64.9 Å². The number of nitrogens with two attached hydrogens (primary N) is 1. The molecule has 2 N–H and O–H groups in total. The Morgan fingerprint density at radius 3 is 2.47 bits per heavy atom. The summed E-state index contributed by atoms with van der Waals surface area (Å²) in [5.41, 5.74) is 6.05. The number of rotatable bonds is 4. The Morgan fingerprint density at radius 2 is 1.84 bits per heavy atom. The summed E-state index contributed by atoms with van der Waals surface area (Å²) in [4.78, 5) is 4.62. The normalized spacial score (nSPS) is 21.6. The first-order valence-electron chi connectivity index (χ1n) is 7.81. The molecule has 4 heteroatoms. The third-order valence-corrected chi connectivity index (χ3v) is 4.43. The average molecular weight is 265 g/mol. The third kappa shape index (κ3) is 3.78. The van der Waals surface area contributed by atoms with Gasteiger partial charge in [0.25, 0.3) is 0 Å². The van der Waals surface area contributed by atoms with Crippen LogP contribution in [0.5, 0.6) is 0 Å². The molecule has 1 saturated carbocycles. The fraction of sp³-hybridized carbons (Fsp3) is 0.867. The van der Waals surface area contributed by atoms with E-state index in [1.807, 2.05) is 0 Å². The van der Waals surface area contributed by atoms with Gasteiger partial charge in [-0.05, 0) is 19.3 Å². The van der Waals surface area contributed by atoms with E-state index in [1.165, 1.54) is 44.9 Å². The van der Waals surface area contributed by atoms with Crippen LogP contribution in [0.4, 0.5) is 0 Å². The molecule has 1 aromatic heterocycles. The fourth-order valence-corrected chi connectivity index (χ4v) is 2.85. The van der Waals surface area contributed by atoms with Crippen molar-refractivity contribution in [2.75, 3.05) is 0 Å². The predicted molar refractivity (Wildman–Crippen MR) is 76.0 cm³/mol. The molecule has 0 spiro atoms. The molecule has 0 saturated heterocycles. The second kappa shape index (κ2) is 7.04. The minimum atomic E-state index is 0.102. The lowest BCUT2D eigenvalue weighted by atomic mass is 9.90. The minimum Gasteiger partial charge on any atom is -0.339 e. The van der Waals surface area contributed by atoms with E-state index >= 15 is 0 Å². The van der Waals surface area contributed by atoms with Gasteiger partial charge in [0.1, 0.15) is 0 Å². The fourth-order valence-electron chi connectivity index (χ4n) is 2.85. The van der Waals surface area contributed by atoms with Crippen LogP contribution in [-0.4, -0.2) is 16.2 Å². The molecule has 2 unspecified atom stereocenters. The lowest BCUT2D eigenvalue weighted by Gasteiger charge is -2.16. The first kappa shape index (κ1) is 14.5. The molecule has 0 aromatic carbocycles. The van der Waals surface area contributed by atoms with Crippen LogP contribution in [0.25, 0.3) is 0 Å². The third-order valence-electron chi connectivity index (χ3n) is 4.43. The van der Waals surface area contributed by atoms with Gasteiger partial charge < -0.3 is 10.3 Å². The summed E-state index contributed by atoms with van der Waals surface area (Å²) in [7, 11) is 0.